The Labute approximate surface area is 207 Å². The van der Waals surface area contributed by atoms with Crippen LogP contribution in [0, 0.1) is 0 Å². The van der Waals surface area contributed by atoms with Crippen LogP contribution in [-0.2, 0) is 22.7 Å². The highest BCUT2D eigenvalue weighted by molar-refractivity contribution is 7.92. The van der Waals surface area contributed by atoms with Crippen LogP contribution in [0.1, 0.15) is 39.9 Å². The number of sulfonamides is 1. The molecule has 3 aromatic carbocycles. The number of nitrogens with zero attached hydrogens (tertiary/aromatic N) is 1. The Hall–Kier alpha value is -3.04. The van der Waals surface area contributed by atoms with Crippen LogP contribution < -0.4 is 9.62 Å². The molecule has 0 saturated heterocycles. The van der Waals surface area contributed by atoms with Crippen molar-refractivity contribution in [3.05, 3.63) is 100 Å². The third kappa shape index (κ3) is 6.99. The molecule has 0 spiro atoms. The highest BCUT2D eigenvalue weighted by Crippen LogP contribution is 2.39. The first-order valence-electron chi connectivity index (χ1n) is 10.6. The van der Waals surface area contributed by atoms with Crippen molar-refractivity contribution in [1.82, 2.24) is 5.32 Å². The van der Waals surface area contributed by atoms with Gasteiger partial charge < -0.3 is 5.32 Å². The molecule has 0 unspecified atom stereocenters. The normalized spacial score (nSPS) is 12.7. The maximum Gasteiger partial charge on any atom is 0.418 e. The summed E-state index contributed by atoms with van der Waals surface area (Å²) in [5, 5.41) is 2.69. The summed E-state index contributed by atoms with van der Waals surface area (Å²) in [7, 11) is -4.07. The fraction of sp³-hybridized carbons (Fsp3) is 0.240. The van der Waals surface area contributed by atoms with Crippen LogP contribution in [0.5, 0.6) is 0 Å². The molecule has 0 fully saturated rings. The minimum Gasteiger partial charge on any atom is -0.351 e. The van der Waals surface area contributed by atoms with Gasteiger partial charge in [-0.25, -0.2) is 8.42 Å². The molecule has 0 radical (unpaired) electrons. The van der Waals surface area contributed by atoms with Crippen molar-refractivity contribution < 1.29 is 26.4 Å². The van der Waals surface area contributed by atoms with Gasteiger partial charge in [0.05, 0.1) is 24.1 Å². The van der Waals surface area contributed by atoms with Gasteiger partial charge in [0.25, 0.3) is 5.91 Å². The Morgan fingerprint density at radius 1 is 1.03 bits per heavy atom. The van der Waals surface area contributed by atoms with Gasteiger partial charge >= 0.3 is 6.18 Å². The fourth-order valence-corrected chi connectivity index (χ4v) is 4.58. The van der Waals surface area contributed by atoms with E-state index in [0.717, 1.165) is 17.9 Å². The summed E-state index contributed by atoms with van der Waals surface area (Å²) in [6.45, 7) is 2.06. The molecule has 1 amide bonds. The Morgan fingerprint density at radius 3 is 2.23 bits per heavy atom. The molecule has 186 valence electrons. The second-order valence-corrected chi connectivity index (χ2v) is 10.5. The summed E-state index contributed by atoms with van der Waals surface area (Å²) < 4.78 is 66.2. The molecule has 5 nitrogen and oxygen atoms in total. The molecule has 0 aliphatic rings. The number of rotatable bonds is 8. The zero-order chi connectivity index (χ0) is 25.8. The Kier molecular flexibility index (Phi) is 8.12. The van der Waals surface area contributed by atoms with Gasteiger partial charge in [0.1, 0.15) is 0 Å². The lowest BCUT2D eigenvalue weighted by atomic mass is 10.0. The summed E-state index contributed by atoms with van der Waals surface area (Å²) in [6.07, 6.45) is -3.97. The number of anilines is 1. The second-order valence-electron chi connectivity index (χ2n) is 8.15. The SMILES string of the molecule is C[C@H](CNC(=O)c1ccc(CN(c2ccc(Cl)cc2C(F)(F)F)S(C)(=O)=O)cc1)c1ccccc1. The molecule has 1 atom stereocenters. The van der Waals surface area contributed by atoms with Crippen LogP contribution in [-0.4, -0.2) is 27.1 Å². The topological polar surface area (TPSA) is 66.5 Å². The van der Waals surface area contributed by atoms with Gasteiger partial charge in [-0.2, -0.15) is 13.2 Å². The Morgan fingerprint density at radius 2 is 1.66 bits per heavy atom. The number of nitrogens with one attached hydrogen (secondary N) is 1. The molecule has 0 aliphatic carbocycles. The van der Waals surface area contributed by atoms with Gasteiger partial charge in [-0.1, -0.05) is 61.0 Å². The number of hydrogen-bond donors (Lipinski definition) is 1. The molecule has 10 heteroatoms. The fourth-order valence-electron chi connectivity index (χ4n) is 3.51. The molecule has 3 aromatic rings. The van der Waals surface area contributed by atoms with E-state index >= 15 is 0 Å². The van der Waals surface area contributed by atoms with Crippen LogP contribution in [0.25, 0.3) is 0 Å². The van der Waals surface area contributed by atoms with Gasteiger partial charge in [0.15, 0.2) is 0 Å². The molecular formula is C25H24ClF3N2O3S. The maximum absolute atomic E-state index is 13.6. The minimum atomic E-state index is -4.80. The Bertz CT molecular complexity index is 1280. The van der Waals surface area contributed by atoms with Gasteiger partial charge in [0, 0.05) is 17.1 Å². The highest BCUT2D eigenvalue weighted by atomic mass is 35.5. The van der Waals surface area contributed by atoms with Gasteiger partial charge in [-0.05, 0) is 47.4 Å². The van der Waals surface area contributed by atoms with E-state index in [0.29, 0.717) is 28.0 Å². The summed E-state index contributed by atoms with van der Waals surface area (Å²) >= 11 is 5.72. The lowest BCUT2D eigenvalue weighted by Crippen LogP contribution is -2.31. The van der Waals surface area contributed by atoms with E-state index in [4.69, 9.17) is 11.6 Å². The molecule has 0 bridgehead atoms. The minimum absolute atomic E-state index is 0.102. The van der Waals surface area contributed by atoms with E-state index in [1.54, 1.807) is 0 Å². The largest absolute Gasteiger partial charge is 0.418 e. The Balaban J connectivity index is 1.76. The molecule has 1 N–H and O–H groups in total. The molecule has 35 heavy (non-hydrogen) atoms. The van der Waals surface area contributed by atoms with Crippen LogP contribution in [0.15, 0.2) is 72.8 Å². The maximum atomic E-state index is 13.6. The number of carbonyl (C=O) groups excluding carboxylic acids is 1. The molecule has 3 rings (SSSR count). The third-order valence-corrected chi connectivity index (χ3v) is 6.77. The van der Waals surface area contributed by atoms with E-state index < -0.39 is 27.5 Å². The van der Waals surface area contributed by atoms with Crippen molar-refractivity contribution >= 4 is 33.2 Å². The molecule has 0 saturated carbocycles. The monoisotopic (exact) mass is 524 g/mol. The van der Waals surface area contributed by atoms with Crippen LogP contribution >= 0.6 is 11.6 Å². The molecule has 0 heterocycles. The van der Waals surface area contributed by atoms with Crippen molar-refractivity contribution in [3.63, 3.8) is 0 Å². The highest BCUT2D eigenvalue weighted by Gasteiger charge is 2.37. The first-order chi connectivity index (χ1) is 16.4. The summed E-state index contributed by atoms with van der Waals surface area (Å²) in [5.74, 6) is -0.207. The van der Waals surface area contributed by atoms with Crippen LogP contribution in [0.3, 0.4) is 0 Å². The smallest absolute Gasteiger partial charge is 0.351 e. The lowest BCUT2D eigenvalue weighted by Gasteiger charge is -2.26. The lowest BCUT2D eigenvalue weighted by molar-refractivity contribution is -0.137. The third-order valence-electron chi connectivity index (χ3n) is 5.41. The van der Waals surface area contributed by atoms with Crippen molar-refractivity contribution in [2.24, 2.45) is 0 Å². The zero-order valence-corrected chi connectivity index (χ0v) is 20.6. The first kappa shape index (κ1) is 26.6. The van der Waals surface area contributed by atoms with Crippen LogP contribution in [0.2, 0.25) is 5.02 Å². The van der Waals surface area contributed by atoms with E-state index in [1.807, 2.05) is 37.3 Å². The number of hydrogen-bond acceptors (Lipinski definition) is 3. The van der Waals surface area contributed by atoms with Gasteiger partial charge in [0.2, 0.25) is 10.0 Å². The quantitative estimate of drug-likeness (QED) is 0.401. The number of alkyl halides is 3. The van der Waals surface area contributed by atoms with E-state index in [9.17, 15) is 26.4 Å². The predicted octanol–water partition coefficient (Wildman–Crippen LogP) is 5.86. The van der Waals surface area contributed by atoms with Crippen molar-refractivity contribution in [2.75, 3.05) is 17.1 Å². The summed E-state index contributed by atoms with van der Waals surface area (Å²) in [5.41, 5.74) is 0.166. The average Bonchev–Trinajstić information content (AvgIpc) is 2.80. The summed E-state index contributed by atoms with van der Waals surface area (Å²) in [4.78, 5) is 12.5. The number of carbonyl (C=O) groups is 1. The van der Waals surface area contributed by atoms with Crippen LogP contribution in [0.4, 0.5) is 18.9 Å². The molecule has 0 aromatic heterocycles. The van der Waals surface area contributed by atoms with Gasteiger partial charge in [-0.15, -0.1) is 0 Å². The predicted molar refractivity (Wildman–Crippen MR) is 131 cm³/mol. The van der Waals surface area contributed by atoms with Gasteiger partial charge in [-0.3, -0.25) is 9.10 Å². The first-order valence-corrected chi connectivity index (χ1v) is 12.9. The summed E-state index contributed by atoms with van der Waals surface area (Å²) in [6, 6.07) is 18.7. The standard InChI is InChI=1S/C25H24ClF3N2O3S/c1-17(19-6-4-3-5-7-19)15-30-24(32)20-10-8-18(9-11-20)16-31(35(2,33)34)23-13-12-21(26)14-22(23)25(27,28)29/h3-14,17H,15-16H2,1-2H3,(H,30,32)/t17-/m1/s1. The van der Waals surface area contributed by atoms with E-state index in [-0.39, 0.29) is 23.4 Å². The van der Waals surface area contributed by atoms with E-state index in [1.165, 1.54) is 30.3 Å². The zero-order valence-electron chi connectivity index (χ0n) is 19.0. The molecule has 0 aliphatic heterocycles. The number of amides is 1. The molecular weight excluding hydrogens is 501 g/mol. The van der Waals surface area contributed by atoms with Crippen molar-refractivity contribution in [2.45, 2.75) is 25.6 Å². The van der Waals surface area contributed by atoms with Crippen molar-refractivity contribution in [1.29, 1.82) is 0 Å². The van der Waals surface area contributed by atoms with E-state index in [2.05, 4.69) is 5.32 Å². The second kappa shape index (κ2) is 10.7. The average molecular weight is 525 g/mol. The number of halogens is 4. The van der Waals surface area contributed by atoms with Crippen molar-refractivity contribution in [3.8, 4) is 0 Å². The number of benzene rings is 3.